The van der Waals surface area contributed by atoms with Gasteiger partial charge in [0.05, 0.1) is 6.61 Å². The highest BCUT2D eigenvalue weighted by Gasteiger charge is 2.16. The Morgan fingerprint density at radius 1 is 1.33 bits per heavy atom. The number of halogens is 2. The highest BCUT2D eigenvalue weighted by atomic mass is 19.1. The summed E-state index contributed by atoms with van der Waals surface area (Å²) in [6.07, 6.45) is 4.01. The highest BCUT2D eigenvalue weighted by molar-refractivity contribution is 5.97. The molecule has 0 saturated heterocycles. The van der Waals surface area contributed by atoms with Crippen LogP contribution in [0.15, 0.2) is 17.3 Å². The lowest BCUT2D eigenvalue weighted by Crippen LogP contribution is -2.16. The standard InChI is InChI=1S/C15H22F2N2O2/c1-3-5-6-10(4-2)9-21-14-12(16)7-11(8-13(14)17)15(18)19-20/h7-8,10,20H,3-6,9H2,1-2H3,(H2,18,19). The molecule has 1 atom stereocenters. The molecule has 3 N–H and O–H groups in total. The van der Waals surface area contributed by atoms with Crippen LogP contribution in [0.5, 0.6) is 5.75 Å². The van der Waals surface area contributed by atoms with E-state index in [-0.39, 0.29) is 23.9 Å². The van der Waals surface area contributed by atoms with Gasteiger partial charge in [0, 0.05) is 5.56 Å². The van der Waals surface area contributed by atoms with Gasteiger partial charge in [0.2, 0.25) is 0 Å². The quantitative estimate of drug-likeness (QED) is 0.333. The third kappa shape index (κ3) is 4.88. The van der Waals surface area contributed by atoms with E-state index < -0.39 is 17.4 Å². The van der Waals surface area contributed by atoms with E-state index in [1.54, 1.807) is 0 Å². The minimum atomic E-state index is -0.859. The van der Waals surface area contributed by atoms with Gasteiger partial charge in [-0.1, -0.05) is 38.3 Å². The summed E-state index contributed by atoms with van der Waals surface area (Å²) >= 11 is 0. The summed E-state index contributed by atoms with van der Waals surface area (Å²) in [6.45, 7) is 4.39. The molecule has 0 heterocycles. The predicted octanol–water partition coefficient (Wildman–Crippen LogP) is 3.65. The van der Waals surface area contributed by atoms with Crippen LogP contribution in [0.2, 0.25) is 0 Å². The maximum Gasteiger partial charge on any atom is 0.190 e. The van der Waals surface area contributed by atoms with Crippen LogP contribution in [0.3, 0.4) is 0 Å². The first-order valence-corrected chi connectivity index (χ1v) is 7.13. The Morgan fingerprint density at radius 2 is 1.95 bits per heavy atom. The number of unbranched alkanes of at least 4 members (excludes halogenated alkanes) is 1. The van der Waals surface area contributed by atoms with E-state index in [2.05, 4.69) is 12.1 Å². The molecule has 4 nitrogen and oxygen atoms in total. The van der Waals surface area contributed by atoms with Crippen molar-refractivity contribution in [1.29, 1.82) is 0 Å². The predicted molar refractivity (Wildman–Crippen MR) is 77.7 cm³/mol. The zero-order chi connectivity index (χ0) is 15.8. The molecule has 0 amide bonds. The van der Waals surface area contributed by atoms with E-state index >= 15 is 0 Å². The molecule has 1 aromatic carbocycles. The Morgan fingerprint density at radius 3 is 2.43 bits per heavy atom. The molecule has 0 aliphatic rings. The van der Waals surface area contributed by atoms with Gasteiger partial charge in [0.15, 0.2) is 23.2 Å². The number of ether oxygens (including phenoxy) is 1. The summed E-state index contributed by atoms with van der Waals surface area (Å²) in [5.74, 6) is -2.22. The van der Waals surface area contributed by atoms with Crippen molar-refractivity contribution in [3.05, 3.63) is 29.3 Å². The van der Waals surface area contributed by atoms with Crippen LogP contribution in [-0.4, -0.2) is 17.6 Å². The number of oxime groups is 1. The largest absolute Gasteiger partial charge is 0.487 e. The zero-order valence-corrected chi connectivity index (χ0v) is 12.4. The van der Waals surface area contributed by atoms with Crippen molar-refractivity contribution in [2.45, 2.75) is 39.5 Å². The second-order valence-corrected chi connectivity index (χ2v) is 4.98. The molecule has 0 spiro atoms. The Hall–Kier alpha value is -1.85. The molecule has 0 aliphatic carbocycles. The summed E-state index contributed by atoms with van der Waals surface area (Å²) < 4.78 is 33.0. The Balaban J connectivity index is 2.80. The Labute approximate surface area is 123 Å². The molecule has 0 bridgehead atoms. The molecule has 1 rings (SSSR count). The third-order valence-corrected chi connectivity index (χ3v) is 3.41. The van der Waals surface area contributed by atoms with Crippen molar-refractivity contribution in [2.24, 2.45) is 16.8 Å². The van der Waals surface area contributed by atoms with Crippen molar-refractivity contribution < 1.29 is 18.7 Å². The fourth-order valence-corrected chi connectivity index (χ4v) is 2.00. The summed E-state index contributed by atoms with van der Waals surface area (Å²) in [7, 11) is 0. The van der Waals surface area contributed by atoms with E-state index in [0.717, 1.165) is 37.8 Å². The minimum absolute atomic E-state index is 0.0297. The van der Waals surface area contributed by atoms with E-state index in [9.17, 15) is 8.78 Å². The van der Waals surface area contributed by atoms with Crippen LogP contribution in [0.4, 0.5) is 8.78 Å². The Bertz CT molecular complexity index is 470. The van der Waals surface area contributed by atoms with E-state index in [1.165, 1.54) is 0 Å². The van der Waals surface area contributed by atoms with Gasteiger partial charge in [-0.2, -0.15) is 0 Å². The average molecular weight is 300 g/mol. The molecular formula is C15H22F2N2O2. The highest BCUT2D eigenvalue weighted by Crippen LogP contribution is 2.25. The van der Waals surface area contributed by atoms with E-state index in [0.29, 0.717) is 0 Å². The number of benzene rings is 1. The number of rotatable bonds is 8. The van der Waals surface area contributed by atoms with Gasteiger partial charge < -0.3 is 15.7 Å². The van der Waals surface area contributed by atoms with Crippen LogP contribution in [0, 0.1) is 17.6 Å². The molecule has 6 heteroatoms. The molecular weight excluding hydrogens is 278 g/mol. The smallest absolute Gasteiger partial charge is 0.190 e. The second kappa shape index (κ2) is 8.44. The van der Waals surface area contributed by atoms with Crippen molar-refractivity contribution in [1.82, 2.24) is 0 Å². The third-order valence-electron chi connectivity index (χ3n) is 3.41. The van der Waals surface area contributed by atoms with Gasteiger partial charge >= 0.3 is 0 Å². The Kier molecular flexibility index (Phi) is 6.91. The van der Waals surface area contributed by atoms with Crippen LogP contribution >= 0.6 is 0 Å². The molecule has 1 aromatic rings. The van der Waals surface area contributed by atoms with Crippen molar-refractivity contribution >= 4 is 5.84 Å². The average Bonchev–Trinajstić information content (AvgIpc) is 2.48. The number of hydrogen-bond donors (Lipinski definition) is 2. The van der Waals surface area contributed by atoms with Crippen LogP contribution < -0.4 is 10.5 Å². The molecule has 0 fully saturated rings. The summed E-state index contributed by atoms with van der Waals surface area (Å²) in [5, 5.41) is 11.2. The lowest BCUT2D eigenvalue weighted by Gasteiger charge is -2.16. The SMILES string of the molecule is CCCCC(CC)COc1c(F)cc(C(N)=NO)cc1F. The molecule has 0 radical (unpaired) electrons. The first kappa shape index (κ1) is 17.2. The van der Waals surface area contributed by atoms with Crippen LogP contribution in [0.1, 0.15) is 45.1 Å². The van der Waals surface area contributed by atoms with Gasteiger partial charge in [-0.25, -0.2) is 8.78 Å². The number of amidine groups is 1. The van der Waals surface area contributed by atoms with Gasteiger partial charge in [-0.05, 0) is 24.5 Å². The topological polar surface area (TPSA) is 67.8 Å². The molecule has 0 saturated carbocycles. The maximum absolute atomic E-state index is 13.9. The van der Waals surface area contributed by atoms with Gasteiger partial charge in [0.1, 0.15) is 0 Å². The molecule has 118 valence electrons. The summed E-state index contributed by atoms with van der Waals surface area (Å²) in [4.78, 5) is 0. The number of nitrogens with zero attached hydrogens (tertiary/aromatic N) is 1. The molecule has 0 aliphatic heterocycles. The summed E-state index contributed by atoms with van der Waals surface area (Å²) in [6, 6.07) is 1.97. The second-order valence-electron chi connectivity index (χ2n) is 4.98. The van der Waals surface area contributed by atoms with Crippen LogP contribution in [0.25, 0.3) is 0 Å². The zero-order valence-electron chi connectivity index (χ0n) is 12.4. The fraction of sp³-hybridized carbons (Fsp3) is 0.533. The number of hydrogen-bond acceptors (Lipinski definition) is 3. The lowest BCUT2D eigenvalue weighted by molar-refractivity contribution is 0.216. The molecule has 1 unspecified atom stereocenters. The molecule has 0 aromatic heterocycles. The first-order valence-electron chi connectivity index (χ1n) is 7.13. The first-order chi connectivity index (χ1) is 10.0. The van der Waals surface area contributed by atoms with Crippen molar-refractivity contribution in [2.75, 3.05) is 6.61 Å². The van der Waals surface area contributed by atoms with E-state index in [4.69, 9.17) is 15.7 Å². The summed E-state index contributed by atoms with van der Waals surface area (Å²) in [5.41, 5.74) is 5.28. The van der Waals surface area contributed by atoms with E-state index in [1.807, 2.05) is 6.92 Å². The molecule has 21 heavy (non-hydrogen) atoms. The monoisotopic (exact) mass is 300 g/mol. The minimum Gasteiger partial charge on any atom is -0.487 e. The normalized spacial score (nSPS) is 13.2. The lowest BCUT2D eigenvalue weighted by atomic mass is 10.0. The van der Waals surface area contributed by atoms with Crippen molar-refractivity contribution in [3.8, 4) is 5.75 Å². The maximum atomic E-state index is 13.9. The van der Waals surface area contributed by atoms with Crippen LogP contribution in [-0.2, 0) is 0 Å². The van der Waals surface area contributed by atoms with Crippen molar-refractivity contribution in [3.63, 3.8) is 0 Å². The number of nitrogens with two attached hydrogens (primary N) is 1. The van der Waals surface area contributed by atoms with Gasteiger partial charge in [-0.15, -0.1) is 0 Å². The van der Waals surface area contributed by atoms with Gasteiger partial charge in [-0.3, -0.25) is 0 Å². The van der Waals surface area contributed by atoms with Gasteiger partial charge in [0.25, 0.3) is 0 Å². The fourth-order valence-electron chi connectivity index (χ4n) is 2.00.